The number of anilines is 1. The first kappa shape index (κ1) is 39.2. The van der Waals surface area contributed by atoms with Gasteiger partial charge in [0.25, 0.3) is 5.91 Å². The molecule has 0 spiro atoms. The van der Waals surface area contributed by atoms with Gasteiger partial charge < -0.3 is 19.9 Å². The zero-order valence-electron chi connectivity index (χ0n) is 26.6. The summed E-state index contributed by atoms with van der Waals surface area (Å²) in [5.41, 5.74) is 0.585. The van der Waals surface area contributed by atoms with Gasteiger partial charge in [0.1, 0.15) is 24.7 Å². The van der Waals surface area contributed by atoms with Crippen molar-refractivity contribution in [3.05, 3.63) is 155 Å². The number of hydrogen-bond donors (Lipinski definition) is 3. The number of rotatable bonds is 12. The molecule has 0 saturated heterocycles. The zero-order chi connectivity index (χ0) is 37.7. The van der Waals surface area contributed by atoms with Gasteiger partial charge in [0.05, 0.1) is 39.3 Å². The van der Waals surface area contributed by atoms with E-state index in [2.05, 4.69) is 14.6 Å². The molecule has 0 bridgehead atoms. The van der Waals surface area contributed by atoms with Crippen LogP contribution < -0.4 is 20.7 Å². The van der Waals surface area contributed by atoms with Crippen LogP contribution in [-0.4, -0.2) is 17.0 Å². The lowest BCUT2D eigenvalue weighted by Gasteiger charge is -2.11. The largest absolute Gasteiger partial charge is 0.489 e. The highest BCUT2D eigenvalue weighted by atomic mass is 32.2. The molecule has 5 rings (SSSR count). The number of carbonyl (C=O) groups is 2. The maximum absolute atomic E-state index is 12.6. The lowest BCUT2D eigenvalue weighted by atomic mass is 10.1. The summed E-state index contributed by atoms with van der Waals surface area (Å²) in [7, 11) is 0. The normalized spacial score (nSPS) is 11.2. The maximum atomic E-state index is 12.6. The number of carbonyl (C=O) groups excluding carboxylic acids is 1. The van der Waals surface area contributed by atoms with E-state index in [4.69, 9.17) is 20.5 Å². The van der Waals surface area contributed by atoms with E-state index in [1.807, 2.05) is 0 Å². The summed E-state index contributed by atoms with van der Waals surface area (Å²) in [6.07, 6.45) is -8.75. The number of ether oxygens (including phenoxy) is 2. The van der Waals surface area contributed by atoms with Crippen molar-refractivity contribution in [2.75, 3.05) is 5.32 Å². The Bertz CT molecular complexity index is 1940. The Morgan fingerprint density at radius 3 is 1.62 bits per heavy atom. The Morgan fingerprint density at radius 1 is 0.654 bits per heavy atom. The Hall–Kier alpha value is -5.55. The smallest absolute Gasteiger partial charge is 0.416 e. The number of carboxylic acid groups (broad SMARTS) is 1. The number of para-hydroxylation sites is 1. The lowest BCUT2D eigenvalue weighted by Crippen LogP contribution is -2.12. The molecule has 0 heterocycles. The minimum absolute atomic E-state index is 0.0547. The number of aromatic carboxylic acids is 1. The van der Waals surface area contributed by atoms with Crippen LogP contribution in [0.3, 0.4) is 0 Å². The second-order valence-electron chi connectivity index (χ2n) is 10.5. The van der Waals surface area contributed by atoms with Gasteiger partial charge in [0.2, 0.25) is 0 Å². The van der Waals surface area contributed by atoms with E-state index < -0.39 is 29.4 Å². The first-order valence-electron chi connectivity index (χ1n) is 14.8. The fraction of sp³-hybridized carbons (Fsp3) is 0.111. The summed E-state index contributed by atoms with van der Waals surface area (Å²) < 4.78 is 90.8. The van der Waals surface area contributed by atoms with Crippen LogP contribution in [0.25, 0.3) is 0 Å². The van der Waals surface area contributed by atoms with Crippen LogP contribution in [0.5, 0.6) is 11.5 Å². The molecule has 5 aromatic carbocycles. The molecule has 0 aliphatic rings. The van der Waals surface area contributed by atoms with Gasteiger partial charge in [0.15, 0.2) is 0 Å². The van der Waals surface area contributed by atoms with E-state index in [9.17, 15) is 35.9 Å². The average Bonchev–Trinajstić information content (AvgIpc) is 3.13. The van der Waals surface area contributed by atoms with Gasteiger partial charge in [-0.2, -0.15) is 32.2 Å². The zero-order valence-corrected chi connectivity index (χ0v) is 27.4. The van der Waals surface area contributed by atoms with Gasteiger partial charge >= 0.3 is 18.3 Å². The van der Waals surface area contributed by atoms with Crippen LogP contribution in [0.1, 0.15) is 43.0 Å². The van der Waals surface area contributed by atoms with E-state index in [1.165, 1.54) is 48.5 Å². The van der Waals surface area contributed by atoms with E-state index in [-0.39, 0.29) is 24.7 Å². The number of carboxylic acids is 1. The third kappa shape index (κ3) is 12.1. The van der Waals surface area contributed by atoms with Crippen molar-refractivity contribution in [2.45, 2.75) is 30.5 Å². The molecular weight excluding hydrogens is 718 g/mol. The number of alkyl halides is 6. The highest BCUT2D eigenvalue weighted by Crippen LogP contribution is 2.31. The number of amides is 1. The Kier molecular flexibility index (Phi) is 13.7. The molecule has 1 amide bonds. The predicted molar refractivity (Wildman–Crippen MR) is 178 cm³/mol. The molecule has 16 heteroatoms. The fourth-order valence-corrected chi connectivity index (χ4v) is 4.71. The monoisotopic (exact) mass is 746 g/mol. The maximum Gasteiger partial charge on any atom is 0.416 e. The van der Waals surface area contributed by atoms with Crippen LogP contribution in [0, 0.1) is 0 Å². The molecule has 0 atom stereocenters. The van der Waals surface area contributed by atoms with Crippen molar-refractivity contribution in [1.82, 2.24) is 0 Å². The van der Waals surface area contributed by atoms with Crippen LogP contribution in [0.15, 0.2) is 126 Å². The first-order valence-corrected chi connectivity index (χ1v) is 15.6. The Balaban J connectivity index is 0.000000251. The molecule has 0 aliphatic carbocycles. The van der Waals surface area contributed by atoms with Crippen molar-refractivity contribution < 1.29 is 59.8 Å². The van der Waals surface area contributed by atoms with Gasteiger partial charge in [-0.25, -0.2) is 4.79 Å². The Labute approximate surface area is 297 Å². The fourth-order valence-electron chi connectivity index (χ4n) is 4.25. The van der Waals surface area contributed by atoms with Crippen molar-refractivity contribution in [3.8, 4) is 11.5 Å². The SMILES string of the molecule is NOOSc1ccccc1NC(=O)c1cccc(OCc2ccc(C(F)(F)F)cc2)c1.O=C(O)c1cccc(OCc2ccc(C(F)(F)F)cc2)c1. The molecule has 4 N–H and O–H groups in total. The number of nitrogens with two attached hydrogens (primary N) is 1. The lowest BCUT2D eigenvalue weighted by molar-refractivity contribution is -0.195. The minimum atomic E-state index is -4.39. The molecule has 0 saturated carbocycles. The summed E-state index contributed by atoms with van der Waals surface area (Å²) in [4.78, 5) is 28.1. The minimum Gasteiger partial charge on any atom is -0.489 e. The van der Waals surface area contributed by atoms with Gasteiger partial charge in [-0.05, 0) is 83.9 Å². The predicted octanol–water partition coefficient (Wildman–Crippen LogP) is 9.35. The molecule has 0 radical (unpaired) electrons. The summed E-state index contributed by atoms with van der Waals surface area (Å²) in [5.74, 6) is 4.12. The van der Waals surface area contributed by atoms with Gasteiger partial charge in [-0.15, -0.1) is 9.32 Å². The van der Waals surface area contributed by atoms with E-state index in [0.29, 0.717) is 38.8 Å². The number of halogens is 6. The summed E-state index contributed by atoms with van der Waals surface area (Å²) >= 11 is 0.839. The molecule has 272 valence electrons. The van der Waals surface area contributed by atoms with E-state index in [0.717, 1.165) is 36.3 Å². The van der Waals surface area contributed by atoms with Gasteiger partial charge in [-0.3, -0.25) is 4.79 Å². The molecule has 9 nitrogen and oxygen atoms in total. The molecule has 52 heavy (non-hydrogen) atoms. The highest BCUT2D eigenvalue weighted by molar-refractivity contribution is 7.94. The van der Waals surface area contributed by atoms with Crippen molar-refractivity contribution >= 4 is 29.6 Å². The van der Waals surface area contributed by atoms with Crippen LogP contribution >= 0.6 is 12.0 Å². The Morgan fingerprint density at radius 2 is 1.13 bits per heavy atom. The molecule has 5 aromatic rings. The van der Waals surface area contributed by atoms with Crippen molar-refractivity contribution in [1.29, 1.82) is 0 Å². The van der Waals surface area contributed by atoms with Crippen LogP contribution in [0.2, 0.25) is 0 Å². The van der Waals surface area contributed by atoms with E-state index in [1.54, 1.807) is 48.5 Å². The second-order valence-corrected chi connectivity index (χ2v) is 11.3. The standard InChI is InChI=1S/C21H17F3N2O4S.C15H11F3O3/c22-21(23,24)16-10-8-14(9-11-16)13-28-17-5-3-4-15(12-17)20(27)26-18-6-1-2-7-19(18)31-30-29-25;16-15(17,18)12-6-4-10(5-7-12)9-21-13-3-1-2-11(8-13)14(19)20/h1-12H,13,25H2,(H,26,27);1-8H,9H2,(H,19,20). The third-order valence-electron chi connectivity index (χ3n) is 6.85. The number of benzene rings is 5. The van der Waals surface area contributed by atoms with Crippen molar-refractivity contribution in [2.24, 2.45) is 5.90 Å². The van der Waals surface area contributed by atoms with E-state index >= 15 is 0 Å². The first-order chi connectivity index (χ1) is 24.7. The summed E-state index contributed by atoms with van der Waals surface area (Å²) in [6, 6.07) is 28.5. The van der Waals surface area contributed by atoms with Gasteiger partial charge in [-0.1, -0.05) is 48.5 Å². The summed E-state index contributed by atoms with van der Waals surface area (Å²) in [5, 5.41) is 11.6. The number of nitrogens with one attached hydrogen (secondary N) is 1. The third-order valence-corrected chi connectivity index (χ3v) is 7.53. The highest BCUT2D eigenvalue weighted by Gasteiger charge is 2.30. The summed E-state index contributed by atoms with van der Waals surface area (Å²) in [6.45, 7) is 0.111. The van der Waals surface area contributed by atoms with Crippen LogP contribution in [-0.2, 0) is 34.9 Å². The molecule has 0 aromatic heterocycles. The number of hydrogen-bond acceptors (Lipinski definition) is 8. The quantitative estimate of drug-likeness (QED) is 0.0495. The molecule has 0 aliphatic heterocycles. The molecular formula is C36H28F6N2O7S. The average molecular weight is 747 g/mol. The van der Waals surface area contributed by atoms with Crippen molar-refractivity contribution in [3.63, 3.8) is 0 Å². The topological polar surface area (TPSA) is 129 Å². The molecule has 0 fully saturated rings. The van der Waals surface area contributed by atoms with Gasteiger partial charge in [0, 0.05) is 5.56 Å². The molecule has 0 unspecified atom stereocenters. The second kappa shape index (κ2) is 18.1. The van der Waals surface area contributed by atoms with Crippen LogP contribution in [0.4, 0.5) is 32.0 Å².